The van der Waals surface area contributed by atoms with Gasteiger partial charge in [0.1, 0.15) is 0 Å². The SMILES string of the molecule is NC1CCc2[nH]c3ccc(CNC(=O)O)cc3c2C1. The Kier molecular flexibility index (Phi) is 2.91. The molecule has 100 valence electrons. The number of hydrogen-bond donors (Lipinski definition) is 4. The second kappa shape index (κ2) is 4.59. The lowest BCUT2D eigenvalue weighted by molar-refractivity contribution is 0.194. The molecule has 0 aliphatic heterocycles. The number of amides is 1. The molecule has 1 aromatic carbocycles. The first-order valence-corrected chi connectivity index (χ1v) is 6.48. The number of hydrogen-bond acceptors (Lipinski definition) is 2. The molecule has 3 rings (SSSR count). The third kappa shape index (κ3) is 2.29. The fraction of sp³-hybridized carbons (Fsp3) is 0.357. The van der Waals surface area contributed by atoms with Crippen molar-refractivity contribution in [1.29, 1.82) is 0 Å². The largest absolute Gasteiger partial charge is 0.465 e. The summed E-state index contributed by atoms with van der Waals surface area (Å²) in [4.78, 5) is 14.0. The summed E-state index contributed by atoms with van der Waals surface area (Å²) in [6.07, 6.45) is 1.91. The number of aromatic nitrogens is 1. The van der Waals surface area contributed by atoms with Crippen LogP contribution in [0.3, 0.4) is 0 Å². The minimum atomic E-state index is -1.00. The van der Waals surface area contributed by atoms with Crippen LogP contribution in [0.5, 0.6) is 0 Å². The fourth-order valence-corrected chi connectivity index (χ4v) is 2.78. The Balaban J connectivity index is 1.97. The van der Waals surface area contributed by atoms with Gasteiger partial charge in [0, 0.05) is 29.2 Å². The Hall–Kier alpha value is -2.01. The number of fused-ring (bicyclic) bond motifs is 3. The van der Waals surface area contributed by atoms with Crippen LogP contribution in [0, 0.1) is 0 Å². The van der Waals surface area contributed by atoms with Crippen LogP contribution in [0.15, 0.2) is 18.2 Å². The predicted octanol–water partition coefficient (Wildman–Crippen LogP) is 1.75. The monoisotopic (exact) mass is 259 g/mol. The summed E-state index contributed by atoms with van der Waals surface area (Å²) >= 11 is 0. The van der Waals surface area contributed by atoms with Crippen LogP contribution in [0.1, 0.15) is 23.2 Å². The molecule has 1 atom stereocenters. The van der Waals surface area contributed by atoms with Gasteiger partial charge in [0.05, 0.1) is 0 Å². The van der Waals surface area contributed by atoms with Gasteiger partial charge in [0.15, 0.2) is 0 Å². The molecular weight excluding hydrogens is 242 g/mol. The normalized spacial score (nSPS) is 18.3. The minimum absolute atomic E-state index is 0.229. The van der Waals surface area contributed by atoms with Gasteiger partial charge in [-0.3, -0.25) is 0 Å². The predicted molar refractivity (Wildman–Crippen MR) is 73.2 cm³/mol. The van der Waals surface area contributed by atoms with Crippen molar-refractivity contribution < 1.29 is 9.90 Å². The average molecular weight is 259 g/mol. The summed E-state index contributed by atoms with van der Waals surface area (Å²) in [7, 11) is 0. The summed E-state index contributed by atoms with van der Waals surface area (Å²) < 4.78 is 0. The van der Waals surface area contributed by atoms with E-state index in [0.29, 0.717) is 6.54 Å². The van der Waals surface area contributed by atoms with E-state index in [9.17, 15) is 4.79 Å². The lowest BCUT2D eigenvalue weighted by atomic mass is 9.92. The van der Waals surface area contributed by atoms with Crippen molar-refractivity contribution in [2.24, 2.45) is 5.73 Å². The van der Waals surface area contributed by atoms with Crippen LogP contribution in [-0.4, -0.2) is 22.2 Å². The summed E-state index contributed by atoms with van der Waals surface area (Å²) in [6, 6.07) is 6.24. The summed E-state index contributed by atoms with van der Waals surface area (Å²) in [5, 5.41) is 12.2. The Morgan fingerprint density at radius 2 is 2.37 bits per heavy atom. The van der Waals surface area contributed by atoms with Gasteiger partial charge in [-0.05, 0) is 42.5 Å². The van der Waals surface area contributed by atoms with Crippen molar-refractivity contribution >= 4 is 17.0 Å². The topological polar surface area (TPSA) is 91.1 Å². The van der Waals surface area contributed by atoms with Crippen molar-refractivity contribution in [2.45, 2.75) is 31.8 Å². The molecule has 19 heavy (non-hydrogen) atoms. The van der Waals surface area contributed by atoms with Crippen LogP contribution in [0.2, 0.25) is 0 Å². The summed E-state index contributed by atoms with van der Waals surface area (Å²) in [5.74, 6) is 0. The van der Waals surface area contributed by atoms with E-state index in [-0.39, 0.29) is 6.04 Å². The number of carboxylic acid groups (broad SMARTS) is 1. The van der Waals surface area contributed by atoms with Crippen LogP contribution in [0.4, 0.5) is 4.79 Å². The van der Waals surface area contributed by atoms with Crippen molar-refractivity contribution in [3.05, 3.63) is 35.0 Å². The molecular formula is C14H17N3O2. The molecule has 1 unspecified atom stereocenters. The fourth-order valence-electron chi connectivity index (χ4n) is 2.78. The summed E-state index contributed by atoms with van der Waals surface area (Å²) in [6.45, 7) is 0.331. The first kappa shape index (κ1) is 12.0. The standard InChI is InChI=1S/C14H17N3O2/c15-9-2-4-13-11(6-9)10-5-8(7-16-14(18)19)1-3-12(10)17-13/h1,3,5,9,16-17H,2,4,6-7,15H2,(H,18,19). The van der Waals surface area contributed by atoms with E-state index in [1.54, 1.807) is 0 Å². The number of nitrogens with one attached hydrogen (secondary N) is 2. The van der Waals surface area contributed by atoms with Crippen LogP contribution in [-0.2, 0) is 19.4 Å². The van der Waals surface area contributed by atoms with Crippen molar-refractivity contribution in [3.63, 3.8) is 0 Å². The van der Waals surface area contributed by atoms with Gasteiger partial charge in [-0.15, -0.1) is 0 Å². The highest BCUT2D eigenvalue weighted by Crippen LogP contribution is 2.29. The smallest absolute Gasteiger partial charge is 0.404 e. The molecule has 1 amide bonds. The van der Waals surface area contributed by atoms with Gasteiger partial charge in [-0.25, -0.2) is 4.79 Å². The number of aryl methyl sites for hydroxylation is 1. The van der Waals surface area contributed by atoms with Crippen LogP contribution < -0.4 is 11.1 Å². The number of carbonyl (C=O) groups is 1. The molecule has 1 aliphatic rings. The van der Waals surface area contributed by atoms with Gasteiger partial charge in [-0.2, -0.15) is 0 Å². The highest BCUT2D eigenvalue weighted by molar-refractivity contribution is 5.85. The molecule has 5 heteroatoms. The highest BCUT2D eigenvalue weighted by Gasteiger charge is 2.20. The van der Waals surface area contributed by atoms with Crippen LogP contribution in [0.25, 0.3) is 10.9 Å². The zero-order valence-electron chi connectivity index (χ0n) is 10.6. The second-order valence-corrected chi connectivity index (χ2v) is 5.12. The van der Waals surface area contributed by atoms with Gasteiger partial charge >= 0.3 is 6.09 Å². The lowest BCUT2D eigenvalue weighted by Crippen LogP contribution is -2.27. The molecule has 2 aromatic rings. The summed E-state index contributed by atoms with van der Waals surface area (Å²) in [5.41, 5.74) is 10.7. The van der Waals surface area contributed by atoms with E-state index in [1.165, 1.54) is 16.6 Å². The average Bonchev–Trinajstić information content (AvgIpc) is 2.74. The third-order valence-electron chi connectivity index (χ3n) is 3.73. The molecule has 0 bridgehead atoms. The molecule has 1 aliphatic carbocycles. The maximum atomic E-state index is 10.5. The Morgan fingerprint density at radius 3 is 3.16 bits per heavy atom. The van der Waals surface area contributed by atoms with Gasteiger partial charge < -0.3 is 21.1 Å². The Morgan fingerprint density at radius 1 is 1.53 bits per heavy atom. The molecule has 5 N–H and O–H groups in total. The van der Waals surface area contributed by atoms with Crippen LogP contribution >= 0.6 is 0 Å². The molecule has 0 spiro atoms. The van der Waals surface area contributed by atoms with E-state index in [4.69, 9.17) is 10.8 Å². The number of benzene rings is 1. The zero-order valence-corrected chi connectivity index (χ0v) is 10.6. The Labute approximate surface area is 110 Å². The molecule has 0 saturated carbocycles. The van der Waals surface area contributed by atoms with E-state index in [2.05, 4.69) is 16.4 Å². The van der Waals surface area contributed by atoms with Gasteiger partial charge in [0.25, 0.3) is 0 Å². The van der Waals surface area contributed by atoms with E-state index in [0.717, 1.165) is 30.3 Å². The molecule has 1 heterocycles. The van der Waals surface area contributed by atoms with Gasteiger partial charge in [0.2, 0.25) is 0 Å². The maximum absolute atomic E-state index is 10.5. The molecule has 0 saturated heterocycles. The van der Waals surface area contributed by atoms with E-state index < -0.39 is 6.09 Å². The first-order valence-electron chi connectivity index (χ1n) is 6.48. The van der Waals surface area contributed by atoms with Crippen molar-refractivity contribution in [2.75, 3.05) is 0 Å². The maximum Gasteiger partial charge on any atom is 0.404 e. The third-order valence-corrected chi connectivity index (χ3v) is 3.73. The second-order valence-electron chi connectivity index (χ2n) is 5.12. The van der Waals surface area contributed by atoms with E-state index >= 15 is 0 Å². The first-order chi connectivity index (χ1) is 9.13. The molecule has 1 aromatic heterocycles. The minimum Gasteiger partial charge on any atom is -0.465 e. The number of aromatic amines is 1. The molecule has 0 radical (unpaired) electrons. The van der Waals surface area contributed by atoms with Crippen molar-refractivity contribution in [3.8, 4) is 0 Å². The quantitative estimate of drug-likeness (QED) is 0.662. The Bertz CT molecular complexity index is 633. The molecule has 0 fully saturated rings. The number of nitrogens with two attached hydrogens (primary N) is 1. The highest BCUT2D eigenvalue weighted by atomic mass is 16.4. The zero-order chi connectivity index (χ0) is 13.4. The van der Waals surface area contributed by atoms with E-state index in [1.807, 2.05) is 12.1 Å². The van der Waals surface area contributed by atoms with Crippen molar-refractivity contribution in [1.82, 2.24) is 10.3 Å². The van der Waals surface area contributed by atoms with Gasteiger partial charge in [-0.1, -0.05) is 6.07 Å². The molecule has 5 nitrogen and oxygen atoms in total. The number of H-pyrrole nitrogens is 1. The lowest BCUT2D eigenvalue weighted by Gasteiger charge is -2.18. The number of rotatable bonds is 2.